The molecule has 0 aromatic carbocycles. The lowest BCUT2D eigenvalue weighted by molar-refractivity contribution is -0.384. The number of hydrogen-bond donors (Lipinski definition) is 1. The van der Waals surface area contributed by atoms with Crippen molar-refractivity contribution in [3.05, 3.63) is 52.9 Å². The second kappa shape index (κ2) is 5.20. The molecule has 0 fully saturated rings. The molecule has 0 amide bonds. The van der Waals surface area contributed by atoms with Crippen LogP contribution in [0.25, 0.3) is 22.7 Å². The Morgan fingerprint density at radius 2 is 2.14 bits per heavy atom. The first-order valence-electron chi connectivity index (χ1n) is 6.02. The van der Waals surface area contributed by atoms with Gasteiger partial charge in [-0.3, -0.25) is 15.1 Å². The Balaban J connectivity index is 2.33. The van der Waals surface area contributed by atoms with Gasteiger partial charge in [-0.25, -0.2) is 14.4 Å². The van der Waals surface area contributed by atoms with E-state index in [0.29, 0.717) is 0 Å². The molecule has 0 atom stereocenters. The molecule has 9 heteroatoms. The van der Waals surface area contributed by atoms with Gasteiger partial charge < -0.3 is 10.2 Å². The summed E-state index contributed by atoms with van der Waals surface area (Å²) in [5.41, 5.74) is 5.49. The summed E-state index contributed by atoms with van der Waals surface area (Å²) >= 11 is 0. The van der Waals surface area contributed by atoms with E-state index in [2.05, 4.69) is 15.0 Å². The van der Waals surface area contributed by atoms with Gasteiger partial charge in [0.15, 0.2) is 0 Å². The van der Waals surface area contributed by atoms with Gasteiger partial charge in [0, 0.05) is 23.4 Å². The average Bonchev–Trinajstić information content (AvgIpc) is 3.01. The lowest BCUT2D eigenvalue weighted by atomic mass is 10.0. The molecule has 3 aromatic heterocycles. The second-order valence-electron chi connectivity index (χ2n) is 4.24. The predicted octanol–water partition coefficient (Wildman–Crippen LogP) is 2.43. The van der Waals surface area contributed by atoms with Gasteiger partial charge in [0.05, 0.1) is 17.3 Å². The number of nitrogen functional groups attached to an aromatic ring is 1. The average molecular weight is 301 g/mol. The number of aromatic nitrogens is 3. The largest absolute Gasteiger partial charge is 0.443 e. The Bertz CT molecular complexity index is 851. The van der Waals surface area contributed by atoms with Crippen molar-refractivity contribution < 1.29 is 13.7 Å². The highest BCUT2D eigenvalue weighted by Crippen LogP contribution is 2.36. The maximum atomic E-state index is 14.0. The number of nitro groups is 1. The molecule has 0 spiro atoms. The Kier molecular flexibility index (Phi) is 3.22. The third kappa shape index (κ3) is 2.24. The Morgan fingerprint density at radius 1 is 1.32 bits per heavy atom. The third-order valence-corrected chi connectivity index (χ3v) is 2.93. The van der Waals surface area contributed by atoms with Crippen LogP contribution in [0.15, 0.2) is 41.4 Å². The zero-order valence-electron chi connectivity index (χ0n) is 10.9. The lowest BCUT2D eigenvalue weighted by Crippen LogP contribution is -2.02. The summed E-state index contributed by atoms with van der Waals surface area (Å²) in [7, 11) is 0. The number of halogens is 1. The summed E-state index contributed by atoms with van der Waals surface area (Å²) in [6.07, 6.45) is 5.04. The van der Waals surface area contributed by atoms with E-state index in [-0.39, 0.29) is 28.5 Å². The summed E-state index contributed by atoms with van der Waals surface area (Å²) in [5, 5.41) is 11.0. The molecule has 2 N–H and O–H groups in total. The first kappa shape index (κ1) is 13.6. The van der Waals surface area contributed by atoms with Crippen LogP contribution in [0.5, 0.6) is 0 Å². The fourth-order valence-corrected chi connectivity index (χ4v) is 1.97. The first-order valence-corrected chi connectivity index (χ1v) is 6.02. The standard InChI is InChI=1S/C13H8FN5O3/c14-9-6-16-2-1-7(9)8-5-10(19(20)21)12(15)18-11(8)13-17-3-4-22-13/h1-6H,(H2,15,18). The number of pyridine rings is 2. The molecule has 0 saturated carbocycles. The third-order valence-electron chi connectivity index (χ3n) is 2.93. The zero-order valence-corrected chi connectivity index (χ0v) is 10.9. The molecule has 0 aliphatic carbocycles. The molecule has 0 radical (unpaired) electrons. The second-order valence-corrected chi connectivity index (χ2v) is 4.24. The smallest absolute Gasteiger partial charge is 0.311 e. The van der Waals surface area contributed by atoms with Gasteiger partial charge in [0.2, 0.25) is 11.7 Å². The Morgan fingerprint density at radius 3 is 2.77 bits per heavy atom. The van der Waals surface area contributed by atoms with Crippen LogP contribution >= 0.6 is 0 Å². The van der Waals surface area contributed by atoms with Crippen LogP contribution in [0.3, 0.4) is 0 Å². The molecule has 8 nitrogen and oxygen atoms in total. The maximum absolute atomic E-state index is 14.0. The van der Waals surface area contributed by atoms with Gasteiger partial charge in [0.25, 0.3) is 0 Å². The van der Waals surface area contributed by atoms with Crippen LogP contribution in [-0.2, 0) is 0 Å². The molecule has 0 aliphatic heterocycles. The van der Waals surface area contributed by atoms with Crippen LogP contribution in [-0.4, -0.2) is 19.9 Å². The molecule has 0 aliphatic rings. The quantitative estimate of drug-likeness (QED) is 0.582. The van der Waals surface area contributed by atoms with Crippen molar-refractivity contribution in [1.82, 2.24) is 15.0 Å². The van der Waals surface area contributed by atoms with Crippen LogP contribution < -0.4 is 5.73 Å². The first-order chi connectivity index (χ1) is 10.6. The Labute approximate surface area is 122 Å². The SMILES string of the molecule is Nc1nc(-c2ncco2)c(-c2ccncc2F)cc1[N+](=O)[O-]. The summed E-state index contributed by atoms with van der Waals surface area (Å²) in [4.78, 5) is 21.9. The van der Waals surface area contributed by atoms with Crippen molar-refractivity contribution in [3.63, 3.8) is 0 Å². The van der Waals surface area contributed by atoms with E-state index in [0.717, 1.165) is 12.3 Å². The van der Waals surface area contributed by atoms with Crippen molar-refractivity contribution in [3.8, 4) is 22.7 Å². The number of oxazole rings is 1. The molecular formula is C13H8FN5O3. The minimum atomic E-state index is -0.690. The number of anilines is 1. The van der Waals surface area contributed by atoms with E-state index in [1.165, 1.54) is 24.7 Å². The lowest BCUT2D eigenvalue weighted by Gasteiger charge is -2.08. The van der Waals surface area contributed by atoms with Gasteiger partial charge in [-0.05, 0) is 6.07 Å². The fraction of sp³-hybridized carbons (Fsp3) is 0. The predicted molar refractivity (Wildman–Crippen MR) is 74.0 cm³/mol. The highest BCUT2D eigenvalue weighted by Gasteiger charge is 2.23. The molecule has 22 heavy (non-hydrogen) atoms. The molecule has 0 bridgehead atoms. The van der Waals surface area contributed by atoms with Crippen molar-refractivity contribution in [2.75, 3.05) is 5.73 Å². The van der Waals surface area contributed by atoms with Gasteiger partial charge in [-0.15, -0.1) is 0 Å². The highest BCUT2D eigenvalue weighted by atomic mass is 19.1. The van der Waals surface area contributed by atoms with E-state index < -0.39 is 16.4 Å². The van der Waals surface area contributed by atoms with E-state index in [1.807, 2.05) is 0 Å². The van der Waals surface area contributed by atoms with Gasteiger partial charge in [-0.1, -0.05) is 0 Å². The van der Waals surface area contributed by atoms with Crippen LogP contribution in [0, 0.1) is 15.9 Å². The summed E-state index contributed by atoms with van der Waals surface area (Å²) in [5.74, 6) is -0.889. The zero-order chi connectivity index (χ0) is 15.7. The van der Waals surface area contributed by atoms with E-state index in [9.17, 15) is 14.5 Å². The minimum absolute atomic E-state index is 0.0767. The number of nitrogens with zero attached hydrogens (tertiary/aromatic N) is 4. The van der Waals surface area contributed by atoms with Crippen LogP contribution in [0.4, 0.5) is 15.9 Å². The number of hydrogen-bond acceptors (Lipinski definition) is 7. The van der Waals surface area contributed by atoms with Crippen molar-refractivity contribution in [2.45, 2.75) is 0 Å². The summed E-state index contributed by atoms with van der Waals surface area (Å²) in [6.45, 7) is 0. The van der Waals surface area contributed by atoms with Crippen molar-refractivity contribution >= 4 is 11.5 Å². The van der Waals surface area contributed by atoms with Gasteiger partial charge in [0.1, 0.15) is 17.8 Å². The topological polar surface area (TPSA) is 121 Å². The molecule has 0 unspecified atom stereocenters. The number of nitrogens with two attached hydrogens (primary N) is 1. The van der Waals surface area contributed by atoms with Crippen molar-refractivity contribution in [1.29, 1.82) is 0 Å². The number of rotatable bonds is 3. The summed E-state index contributed by atoms with van der Waals surface area (Å²) in [6, 6.07) is 2.51. The van der Waals surface area contributed by atoms with Gasteiger partial charge in [-0.2, -0.15) is 0 Å². The molecule has 110 valence electrons. The maximum Gasteiger partial charge on any atom is 0.311 e. The summed E-state index contributed by atoms with van der Waals surface area (Å²) < 4.78 is 19.1. The van der Waals surface area contributed by atoms with Crippen molar-refractivity contribution in [2.24, 2.45) is 0 Å². The molecule has 3 heterocycles. The monoisotopic (exact) mass is 301 g/mol. The fourth-order valence-electron chi connectivity index (χ4n) is 1.97. The Hall–Kier alpha value is -3.36. The highest BCUT2D eigenvalue weighted by molar-refractivity contribution is 5.81. The van der Waals surface area contributed by atoms with E-state index in [4.69, 9.17) is 10.2 Å². The van der Waals surface area contributed by atoms with Crippen LogP contribution in [0.2, 0.25) is 0 Å². The van der Waals surface area contributed by atoms with E-state index in [1.54, 1.807) is 0 Å². The van der Waals surface area contributed by atoms with E-state index >= 15 is 0 Å². The normalized spacial score (nSPS) is 10.6. The molecule has 3 rings (SSSR count). The molecule has 3 aromatic rings. The van der Waals surface area contributed by atoms with Gasteiger partial charge >= 0.3 is 5.69 Å². The van der Waals surface area contributed by atoms with Crippen LogP contribution in [0.1, 0.15) is 0 Å². The molecular weight excluding hydrogens is 293 g/mol. The minimum Gasteiger partial charge on any atom is -0.443 e. The molecule has 0 saturated heterocycles.